The Hall–Kier alpha value is -2.56. The average molecular weight is 268 g/mol. The van der Waals surface area contributed by atoms with Gasteiger partial charge in [0.05, 0.1) is 11.1 Å². The predicted molar refractivity (Wildman–Crippen MR) is 80.1 cm³/mol. The first-order chi connectivity index (χ1) is 9.54. The third-order valence-electron chi connectivity index (χ3n) is 3.20. The number of H-pyrrole nitrogens is 1. The van der Waals surface area contributed by atoms with E-state index in [9.17, 15) is 5.11 Å². The molecule has 0 aliphatic carbocycles. The van der Waals surface area contributed by atoms with Gasteiger partial charge in [0.1, 0.15) is 17.4 Å². The number of aromatic amines is 1. The van der Waals surface area contributed by atoms with Gasteiger partial charge in [-0.3, -0.25) is 0 Å². The third-order valence-corrected chi connectivity index (χ3v) is 3.20. The van der Waals surface area contributed by atoms with Gasteiger partial charge in [-0.1, -0.05) is 11.6 Å². The Morgan fingerprint density at radius 3 is 2.65 bits per heavy atom. The quantitative estimate of drug-likeness (QED) is 0.750. The van der Waals surface area contributed by atoms with Gasteiger partial charge >= 0.3 is 0 Å². The fraction of sp³-hybridized carbons (Fsp3) is 0.200. The number of aryl methyl sites for hydroxylation is 1. The maximum atomic E-state index is 9.97. The first-order valence-electron chi connectivity index (χ1n) is 6.38. The van der Waals surface area contributed by atoms with Crippen LogP contribution >= 0.6 is 0 Å². The monoisotopic (exact) mass is 268 g/mol. The molecular formula is C15H16N4O. The van der Waals surface area contributed by atoms with Crippen molar-refractivity contribution in [1.82, 2.24) is 15.0 Å². The van der Waals surface area contributed by atoms with E-state index in [1.165, 1.54) is 0 Å². The minimum atomic E-state index is 0.211. The highest BCUT2D eigenvalue weighted by atomic mass is 16.3. The molecule has 0 saturated carbocycles. The number of nitrogens with zero attached hydrogens (tertiary/aromatic N) is 3. The number of imidazole rings is 1. The molecule has 3 aromatic rings. The van der Waals surface area contributed by atoms with Crippen LogP contribution in [-0.2, 0) is 0 Å². The largest absolute Gasteiger partial charge is 0.507 e. The molecule has 102 valence electrons. The Morgan fingerprint density at radius 1 is 1.10 bits per heavy atom. The summed E-state index contributed by atoms with van der Waals surface area (Å²) in [5, 5.41) is 9.97. The smallest absolute Gasteiger partial charge is 0.180 e. The number of nitrogens with one attached hydrogen (secondary N) is 1. The second-order valence-corrected chi connectivity index (χ2v) is 5.04. The van der Waals surface area contributed by atoms with Crippen molar-refractivity contribution in [2.45, 2.75) is 6.92 Å². The van der Waals surface area contributed by atoms with Crippen molar-refractivity contribution in [3.8, 4) is 17.1 Å². The summed E-state index contributed by atoms with van der Waals surface area (Å²) in [5.41, 5.74) is 3.26. The fourth-order valence-electron chi connectivity index (χ4n) is 2.10. The van der Waals surface area contributed by atoms with E-state index in [2.05, 4.69) is 15.0 Å². The number of anilines is 1. The van der Waals surface area contributed by atoms with E-state index in [1.54, 1.807) is 6.07 Å². The normalized spacial score (nSPS) is 10.9. The molecule has 2 heterocycles. The van der Waals surface area contributed by atoms with Crippen molar-refractivity contribution < 1.29 is 5.11 Å². The van der Waals surface area contributed by atoms with Crippen LogP contribution in [0.4, 0.5) is 5.82 Å². The summed E-state index contributed by atoms with van der Waals surface area (Å²) in [6.45, 7) is 1.98. The Bertz CT molecular complexity index is 777. The molecule has 2 N–H and O–H groups in total. The molecule has 0 radical (unpaired) electrons. The Kier molecular flexibility index (Phi) is 2.82. The van der Waals surface area contributed by atoms with E-state index in [4.69, 9.17) is 0 Å². The van der Waals surface area contributed by atoms with Crippen LogP contribution in [0.1, 0.15) is 5.56 Å². The van der Waals surface area contributed by atoms with E-state index in [0.29, 0.717) is 17.0 Å². The number of benzene rings is 1. The van der Waals surface area contributed by atoms with Gasteiger partial charge in [-0.25, -0.2) is 9.97 Å². The van der Waals surface area contributed by atoms with Crippen molar-refractivity contribution in [2.75, 3.05) is 19.0 Å². The maximum absolute atomic E-state index is 9.97. The van der Waals surface area contributed by atoms with E-state index >= 15 is 0 Å². The summed E-state index contributed by atoms with van der Waals surface area (Å²) < 4.78 is 0. The van der Waals surface area contributed by atoms with Crippen molar-refractivity contribution in [2.24, 2.45) is 0 Å². The van der Waals surface area contributed by atoms with Crippen molar-refractivity contribution >= 4 is 17.0 Å². The summed E-state index contributed by atoms with van der Waals surface area (Å²) in [6.07, 6.45) is 0. The summed E-state index contributed by atoms with van der Waals surface area (Å²) in [5.74, 6) is 1.69. The number of pyridine rings is 1. The molecule has 5 heteroatoms. The van der Waals surface area contributed by atoms with Crippen molar-refractivity contribution in [3.05, 3.63) is 35.9 Å². The van der Waals surface area contributed by atoms with Crippen LogP contribution in [0.3, 0.4) is 0 Å². The lowest BCUT2D eigenvalue weighted by Gasteiger charge is -2.09. The number of rotatable bonds is 2. The molecule has 20 heavy (non-hydrogen) atoms. The number of fused-ring (bicyclic) bond motifs is 1. The molecule has 0 fully saturated rings. The number of phenolic OH excluding ortho intramolecular Hbond substituents is 1. The van der Waals surface area contributed by atoms with Gasteiger partial charge in [0, 0.05) is 14.1 Å². The molecule has 1 aromatic carbocycles. The minimum absolute atomic E-state index is 0.211. The second-order valence-electron chi connectivity index (χ2n) is 5.04. The van der Waals surface area contributed by atoms with E-state index < -0.39 is 0 Å². The maximum Gasteiger partial charge on any atom is 0.180 e. The molecule has 3 rings (SSSR count). The fourth-order valence-corrected chi connectivity index (χ4v) is 2.10. The second kappa shape index (κ2) is 4.52. The zero-order chi connectivity index (χ0) is 14.3. The van der Waals surface area contributed by atoms with Gasteiger partial charge in [-0.05, 0) is 31.2 Å². The highest BCUT2D eigenvalue weighted by Crippen LogP contribution is 2.29. The highest BCUT2D eigenvalue weighted by Gasteiger charge is 2.11. The van der Waals surface area contributed by atoms with Crippen LogP contribution in [-0.4, -0.2) is 34.2 Å². The molecular weight excluding hydrogens is 252 g/mol. The van der Waals surface area contributed by atoms with Crippen LogP contribution in [0, 0.1) is 6.92 Å². The Morgan fingerprint density at radius 2 is 1.90 bits per heavy atom. The number of phenols is 1. The zero-order valence-electron chi connectivity index (χ0n) is 11.7. The molecule has 0 aliphatic rings. The summed E-state index contributed by atoms with van der Waals surface area (Å²) >= 11 is 0. The minimum Gasteiger partial charge on any atom is -0.507 e. The van der Waals surface area contributed by atoms with Gasteiger partial charge in [-0.2, -0.15) is 0 Å². The van der Waals surface area contributed by atoms with Crippen LogP contribution in [0.25, 0.3) is 22.6 Å². The Balaban J connectivity index is 2.15. The molecule has 0 aliphatic heterocycles. The standard InChI is InChI=1S/C15H16N4O/c1-9-4-6-12(20)10(8-9)14-16-11-5-7-13(19(2)3)17-15(11)18-14/h4-8,20H,1-3H3,(H,16,17,18). The van der Waals surface area contributed by atoms with E-state index in [-0.39, 0.29) is 5.75 Å². The molecule has 0 amide bonds. The lowest BCUT2D eigenvalue weighted by Crippen LogP contribution is -2.10. The molecule has 0 bridgehead atoms. The molecule has 0 saturated heterocycles. The first-order valence-corrected chi connectivity index (χ1v) is 6.38. The highest BCUT2D eigenvalue weighted by molar-refractivity contribution is 5.79. The molecule has 5 nitrogen and oxygen atoms in total. The molecule has 0 spiro atoms. The van der Waals surface area contributed by atoms with Gasteiger partial charge in [0.2, 0.25) is 0 Å². The van der Waals surface area contributed by atoms with Gasteiger partial charge in [0.15, 0.2) is 5.65 Å². The molecule has 0 atom stereocenters. The summed E-state index contributed by atoms with van der Waals surface area (Å²) in [4.78, 5) is 14.1. The summed E-state index contributed by atoms with van der Waals surface area (Å²) in [7, 11) is 3.88. The van der Waals surface area contributed by atoms with E-state index in [1.807, 2.05) is 50.2 Å². The first kappa shape index (κ1) is 12.5. The van der Waals surface area contributed by atoms with Crippen molar-refractivity contribution in [3.63, 3.8) is 0 Å². The van der Waals surface area contributed by atoms with Crippen LogP contribution < -0.4 is 4.90 Å². The van der Waals surface area contributed by atoms with Gasteiger partial charge in [0.25, 0.3) is 0 Å². The van der Waals surface area contributed by atoms with Crippen LogP contribution in [0.2, 0.25) is 0 Å². The van der Waals surface area contributed by atoms with Gasteiger partial charge in [-0.15, -0.1) is 0 Å². The number of aromatic hydroxyl groups is 1. The SMILES string of the molecule is Cc1ccc(O)c(-c2nc3nc(N(C)C)ccc3[nH]2)c1. The van der Waals surface area contributed by atoms with Crippen molar-refractivity contribution in [1.29, 1.82) is 0 Å². The lowest BCUT2D eigenvalue weighted by molar-refractivity contribution is 0.477. The number of hydrogen-bond donors (Lipinski definition) is 2. The summed E-state index contributed by atoms with van der Waals surface area (Å²) in [6, 6.07) is 9.32. The lowest BCUT2D eigenvalue weighted by atomic mass is 10.1. The topological polar surface area (TPSA) is 65.0 Å². The number of hydrogen-bond acceptors (Lipinski definition) is 4. The predicted octanol–water partition coefficient (Wildman–Crippen LogP) is 2.70. The molecule has 2 aromatic heterocycles. The Labute approximate surface area is 116 Å². The van der Waals surface area contributed by atoms with Crippen LogP contribution in [0.15, 0.2) is 30.3 Å². The van der Waals surface area contributed by atoms with Gasteiger partial charge < -0.3 is 15.0 Å². The number of aromatic nitrogens is 3. The third kappa shape index (κ3) is 2.07. The van der Waals surface area contributed by atoms with Crippen LogP contribution in [0.5, 0.6) is 5.75 Å². The molecule has 0 unspecified atom stereocenters. The zero-order valence-corrected chi connectivity index (χ0v) is 11.7. The van der Waals surface area contributed by atoms with E-state index in [0.717, 1.165) is 16.9 Å². The average Bonchev–Trinajstić information content (AvgIpc) is 2.83.